The third-order valence-corrected chi connectivity index (χ3v) is 7.18. The Balaban J connectivity index is 1.91. The van der Waals surface area contributed by atoms with Crippen LogP contribution < -0.4 is 4.90 Å². The standard InChI is InChI=1S/C24H33ClN4O3/c1-15(2)12-28-21(30)24(22(31)29(23(28)32)13-16(3)4)11-17-18(25)7-6-8-19(17)27-10-9-26(5)14-20(24)27/h6-8,15-16,20H,9-14H2,1-5H3. The van der Waals surface area contributed by atoms with E-state index in [0.717, 1.165) is 17.8 Å². The number of likely N-dealkylation sites (N-methyl/N-ethyl adjacent to an activating group) is 1. The molecule has 0 aliphatic carbocycles. The van der Waals surface area contributed by atoms with Gasteiger partial charge in [-0.15, -0.1) is 0 Å². The molecule has 0 saturated carbocycles. The van der Waals surface area contributed by atoms with Crippen molar-refractivity contribution in [2.24, 2.45) is 17.3 Å². The normalized spacial score (nSPS) is 23.4. The number of fused-ring (bicyclic) bond motifs is 4. The summed E-state index contributed by atoms with van der Waals surface area (Å²) in [5.74, 6) is -0.563. The van der Waals surface area contributed by atoms with Gasteiger partial charge in [0.2, 0.25) is 11.8 Å². The molecule has 2 fully saturated rings. The van der Waals surface area contributed by atoms with Crippen molar-refractivity contribution in [3.8, 4) is 0 Å². The Kier molecular flexibility index (Phi) is 6.01. The molecule has 0 N–H and O–H groups in total. The average Bonchev–Trinajstić information content (AvgIpc) is 2.73. The van der Waals surface area contributed by atoms with Gasteiger partial charge in [0.05, 0.1) is 6.04 Å². The number of carbonyl (C=O) groups is 3. The van der Waals surface area contributed by atoms with Gasteiger partial charge in [-0.05, 0) is 36.6 Å². The summed E-state index contributed by atoms with van der Waals surface area (Å²) in [6.07, 6.45) is 0.213. The summed E-state index contributed by atoms with van der Waals surface area (Å²) in [4.78, 5) is 48.6. The molecule has 0 bridgehead atoms. The van der Waals surface area contributed by atoms with E-state index in [9.17, 15) is 14.4 Å². The molecule has 4 rings (SSSR count). The molecule has 2 saturated heterocycles. The molecule has 3 aliphatic heterocycles. The molecule has 0 aromatic heterocycles. The van der Waals surface area contributed by atoms with Crippen LogP contribution in [0.25, 0.3) is 0 Å². The number of urea groups is 1. The van der Waals surface area contributed by atoms with E-state index in [1.54, 1.807) is 0 Å². The van der Waals surface area contributed by atoms with Gasteiger partial charge in [0.25, 0.3) is 0 Å². The fourth-order valence-corrected chi connectivity index (χ4v) is 5.64. The Morgan fingerprint density at radius 2 is 1.59 bits per heavy atom. The van der Waals surface area contributed by atoms with Crippen LogP contribution in [0, 0.1) is 17.3 Å². The van der Waals surface area contributed by atoms with Crippen LogP contribution in [-0.4, -0.2) is 78.4 Å². The number of nitrogens with zero attached hydrogens (tertiary/aromatic N) is 4. The first kappa shape index (κ1) is 23.1. The Labute approximate surface area is 195 Å². The van der Waals surface area contributed by atoms with E-state index in [2.05, 4.69) is 9.80 Å². The maximum atomic E-state index is 14.1. The lowest BCUT2D eigenvalue weighted by Crippen LogP contribution is -2.75. The molecule has 1 atom stereocenters. The minimum Gasteiger partial charge on any atom is -0.364 e. The number of benzene rings is 1. The fourth-order valence-electron chi connectivity index (χ4n) is 5.40. The van der Waals surface area contributed by atoms with Crippen molar-refractivity contribution in [3.63, 3.8) is 0 Å². The van der Waals surface area contributed by atoms with Gasteiger partial charge < -0.3 is 9.80 Å². The predicted molar refractivity (Wildman–Crippen MR) is 125 cm³/mol. The average molecular weight is 461 g/mol. The molecule has 1 aromatic carbocycles. The van der Waals surface area contributed by atoms with E-state index < -0.39 is 11.4 Å². The Morgan fingerprint density at radius 3 is 2.16 bits per heavy atom. The second kappa shape index (κ2) is 8.34. The van der Waals surface area contributed by atoms with Gasteiger partial charge in [-0.2, -0.15) is 0 Å². The van der Waals surface area contributed by atoms with Crippen LogP contribution in [0.3, 0.4) is 0 Å². The highest BCUT2D eigenvalue weighted by Gasteiger charge is 2.65. The van der Waals surface area contributed by atoms with Crippen molar-refractivity contribution in [2.75, 3.05) is 44.7 Å². The summed E-state index contributed by atoms with van der Waals surface area (Å²) in [6, 6.07) is 4.90. The topological polar surface area (TPSA) is 64.2 Å². The lowest BCUT2D eigenvalue weighted by atomic mass is 9.67. The molecule has 174 valence electrons. The number of hydrogen-bond donors (Lipinski definition) is 0. The highest BCUT2D eigenvalue weighted by Crippen LogP contribution is 2.48. The number of anilines is 1. The molecule has 7 nitrogen and oxygen atoms in total. The van der Waals surface area contributed by atoms with Crippen molar-refractivity contribution in [1.82, 2.24) is 14.7 Å². The molecular formula is C24H33ClN4O3. The number of rotatable bonds is 4. The predicted octanol–water partition coefficient (Wildman–Crippen LogP) is 3.11. The minimum atomic E-state index is -1.37. The zero-order valence-electron chi connectivity index (χ0n) is 19.6. The first-order valence-electron chi connectivity index (χ1n) is 11.5. The summed E-state index contributed by atoms with van der Waals surface area (Å²) < 4.78 is 0. The monoisotopic (exact) mass is 460 g/mol. The molecule has 0 radical (unpaired) electrons. The van der Waals surface area contributed by atoms with Gasteiger partial charge in [-0.3, -0.25) is 19.4 Å². The minimum absolute atomic E-state index is 0.0960. The van der Waals surface area contributed by atoms with Crippen LogP contribution >= 0.6 is 11.6 Å². The van der Waals surface area contributed by atoms with Crippen molar-refractivity contribution in [3.05, 3.63) is 28.8 Å². The Hall–Kier alpha value is -2.12. The molecule has 4 amide bonds. The maximum Gasteiger partial charge on any atom is 0.333 e. The van der Waals surface area contributed by atoms with Gasteiger partial charge in [0.15, 0.2) is 5.41 Å². The SMILES string of the molecule is CC(C)CN1C(=O)N(CC(C)C)C(=O)C2(Cc3c(Cl)cccc3N3CCN(C)CC32)C1=O. The summed E-state index contributed by atoms with van der Waals surface area (Å²) in [5.41, 5.74) is 0.439. The van der Waals surface area contributed by atoms with E-state index in [1.165, 1.54) is 9.80 Å². The summed E-state index contributed by atoms with van der Waals surface area (Å²) >= 11 is 6.62. The first-order valence-corrected chi connectivity index (χ1v) is 11.9. The van der Waals surface area contributed by atoms with Crippen LogP contribution in [0.2, 0.25) is 5.02 Å². The number of barbiturate groups is 1. The van der Waals surface area contributed by atoms with E-state index >= 15 is 0 Å². The number of hydrogen-bond acceptors (Lipinski definition) is 5. The van der Waals surface area contributed by atoms with Crippen LogP contribution in [0.4, 0.5) is 10.5 Å². The smallest absolute Gasteiger partial charge is 0.333 e. The van der Waals surface area contributed by atoms with Crippen molar-refractivity contribution >= 4 is 35.1 Å². The largest absolute Gasteiger partial charge is 0.364 e. The number of imide groups is 2. The molecule has 32 heavy (non-hydrogen) atoms. The zero-order chi connectivity index (χ0) is 23.4. The van der Waals surface area contributed by atoms with Gasteiger partial charge >= 0.3 is 6.03 Å². The molecule has 3 heterocycles. The Bertz CT molecular complexity index is 915. The van der Waals surface area contributed by atoms with Gasteiger partial charge in [-0.25, -0.2) is 4.79 Å². The van der Waals surface area contributed by atoms with Crippen LogP contribution in [0.15, 0.2) is 18.2 Å². The number of amides is 4. The molecule has 3 aliphatic rings. The number of carbonyl (C=O) groups excluding carboxylic acids is 3. The third-order valence-electron chi connectivity index (χ3n) is 6.82. The van der Waals surface area contributed by atoms with Gasteiger partial charge in [0.1, 0.15) is 0 Å². The fraction of sp³-hybridized carbons (Fsp3) is 0.625. The van der Waals surface area contributed by atoms with Crippen LogP contribution in [-0.2, 0) is 16.0 Å². The lowest BCUT2D eigenvalue weighted by Gasteiger charge is -2.56. The van der Waals surface area contributed by atoms with E-state index in [0.29, 0.717) is 31.2 Å². The van der Waals surface area contributed by atoms with Gasteiger partial charge in [0, 0.05) is 49.9 Å². The highest BCUT2D eigenvalue weighted by molar-refractivity contribution is 6.32. The van der Waals surface area contributed by atoms with E-state index in [-0.39, 0.29) is 36.1 Å². The van der Waals surface area contributed by atoms with Crippen LogP contribution in [0.1, 0.15) is 33.3 Å². The number of piperazine rings is 1. The number of halogens is 1. The lowest BCUT2D eigenvalue weighted by molar-refractivity contribution is -0.162. The second-order valence-corrected chi connectivity index (χ2v) is 10.7. The molecular weight excluding hydrogens is 428 g/mol. The molecule has 8 heteroatoms. The van der Waals surface area contributed by atoms with Crippen molar-refractivity contribution in [1.29, 1.82) is 0 Å². The summed E-state index contributed by atoms with van der Waals surface area (Å²) in [6.45, 7) is 10.6. The van der Waals surface area contributed by atoms with Crippen molar-refractivity contribution in [2.45, 2.75) is 40.2 Å². The van der Waals surface area contributed by atoms with E-state index in [4.69, 9.17) is 11.6 Å². The first-order chi connectivity index (χ1) is 15.1. The molecule has 1 unspecified atom stereocenters. The van der Waals surface area contributed by atoms with E-state index in [1.807, 2.05) is 52.9 Å². The molecule has 1 aromatic rings. The third kappa shape index (κ3) is 3.50. The van der Waals surface area contributed by atoms with Crippen LogP contribution in [0.5, 0.6) is 0 Å². The molecule has 1 spiro atoms. The summed E-state index contributed by atoms with van der Waals surface area (Å²) in [7, 11) is 2.01. The van der Waals surface area contributed by atoms with Gasteiger partial charge in [-0.1, -0.05) is 45.4 Å². The zero-order valence-corrected chi connectivity index (χ0v) is 20.4. The summed E-state index contributed by atoms with van der Waals surface area (Å²) in [5, 5.41) is 0.558. The second-order valence-electron chi connectivity index (χ2n) is 10.3. The highest BCUT2D eigenvalue weighted by atomic mass is 35.5. The van der Waals surface area contributed by atoms with Crippen molar-refractivity contribution < 1.29 is 14.4 Å². The Morgan fingerprint density at radius 1 is 1.00 bits per heavy atom. The quantitative estimate of drug-likeness (QED) is 0.646. The maximum absolute atomic E-state index is 14.1.